The monoisotopic (exact) mass is 389 g/mol. The normalized spacial score (nSPS) is 13.6. The van der Waals surface area contributed by atoms with Crippen LogP contribution in [0.15, 0.2) is 38.0 Å². The number of hydrogen-bond donors (Lipinski definition) is 1. The van der Waals surface area contributed by atoms with Gasteiger partial charge in [-0.1, -0.05) is 0 Å². The standard InChI is InChI=1S/C15H11BrF3NO3/c1-7(20-14(21)15(17,18)19)6-10-8-2-4-23-13(8)11(16)9-3-5-22-12(9)10/h2-5,7H,6H2,1H3,(H,20,21). The fraction of sp³-hybridized carbons (Fsp3) is 0.267. The van der Waals surface area contributed by atoms with Crippen LogP contribution in [0.5, 0.6) is 0 Å². The zero-order chi connectivity index (χ0) is 16.8. The zero-order valence-electron chi connectivity index (χ0n) is 11.8. The summed E-state index contributed by atoms with van der Waals surface area (Å²) in [6, 6.07) is 2.73. The van der Waals surface area contributed by atoms with Crippen LogP contribution >= 0.6 is 15.9 Å². The largest absolute Gasteiger partial charge is 0.471 e. The summed E-state index contributed by atoms with van der Waals surface area (Å²) in [7, 11) is 0. The maximum Gasteiger partial charge on any atom is 0.471 e. The lowest BCUT2D eigenvalue weighted by atomic mass is 10.0. The molecule has 1 N–H and O–H groups in total. The predicted octanol–water partition coefficient (Wildman–Crippen LogP) is 4.55. The van der Waals surface area contributed by atoms with Gasteiger partial charge in [0.05, 0.1) is 17.0 Å². The van der Waals surface area contributed by atoms with Gasteiger partial charge in [-0.15, -0.1) is 0 Å². The number of rotatable bonds is 3. The molecule has 8 heteroatoms. The van der Waals surface area contributed by atoms with Crippen LogP contribution in [-0.2, 0) is 11.2 Å². The van der Waals surface area contributed by atoms with Gasteiger partial charge in [0.1, 0.15) is 11.2 Å². The van der Waals surface area contributed by atoms with Gasteiger partial charge in [0.25, 0.3) is 0 Å². The Morgan fingerprint density at radius 1 is 1.22 bits per heavy atom. The van der Waals surface area contributed by atoms with Crippen molar-refractivity contribution in [3.05, 3.63) is 34.7 Å². The minimum absolute atomic E-state index is 0.176. The Hall–Kier alpha value is -1.96. The molecule has 1 aromatic carbocycles. The summed E-state index contributed by atoms with van der Waals surface area (Å²) < 4.78 is 48.7. The molecule has 4 nitrogen and oxygen atoms in total. The van der Waals surface area contributed by atoms with Crippen molar-refractivity contribution < 1.29 is 26.8 Å². The van der Waals surface area contributed by atoms with Gasteiger partial charge in [0.15, 0.2) is 0 Å². The summed E-state index contributed by atoms with van der Waals surface area (Å²) in [5.41, 5.74) is 1.83. The first kappa shape index (κ1) is 15.9. The first-order chi connectivity index (χ1) is 10.8. The summed E-state index contributed by atoms with van der Waals surface area (Å²) >= 11 is 3.44. The van der Waals surface area contributed by atoms with Crippen LogP contribution in [0.3, 0.4) is 0 Å². The minimum atomic E-state index is -4.90. The number of furan rings is 2. The molecule has 0 aliphatic heterocycles. The number of benzene rings is 1. The SMILES string of the molecule is CC(Cc1c2ccoc2c(Br)c2ccoc12)NC(=O)C(F)(F)F. The third kappa shape index (κ3) is 2.83. The molecule has 1 amide bonds. The van der Waals surface area contributed by atoms with Gasteiger partial charge in [-0.05, 0) is 41.4 Å². The summed E-state index contributed by atoms with van der Waals surface area (Å²) in [4.78, 5) is 11.1. The Balaban J connectivity index is 1.98. The molecule has 2 heterocycles. The first-order valence-electron chi connectivity index (χ1n) is 6.71. The fourth-order valence-electron chi connectivity index (χ4n) is 2.54. The Labute approximate surface area is 136 Å². The molecule has 122 valence electrons. The van der Waals surface area contributed by atoms with E-state index in [2.05, 4.69) is 15.9 Å². The van der Waals surface area contributed by atoms with Gasteiger partial charge in [0, 0.05) is 22.4 Å². The molecule has 0 saturated carbocycles. The van der Waals surface area contributed by atoms with Crippen LogP contribution < -0.4 is 5.32 Å². The summed E-state index contributed by atoms with van der Waals surface area (Å²) in [6.07, 6.45) is -1.73. The van der Waals surface area contributed by atoms with Crippen molar-refractivity contribution in [2.24, 2.45) is 0 Å². The van der Waals surface area contributed by atoms with E-state index in [0.29, 0.717) is 16.7 Å². The number of amides is 1. The number of nitrogens with one attached hydrogen (secondary N) is 1. The van der Waals surface area contributed by atoms with Gasteiger partial charge in [0.2, 0.25) is 0 Å². The Bertz CT molecular complexity index is 829. The number of hydrogen-bond acceptors (Lipinski definition) is 3. The average molecular weight is 390 g/mol. The second kappa shape index (κ2) is 5.59. The van der Waals surface area contributed by atoms with E-state index in [9.17, 15) is 18.0 Å². The molecular weight excluding hydrogens is 379 g/mol. The van der Waals surface area contributed by atoms with Crippen molar-refractivity contribution in [2.75, 3.05) is 0 Å². The molecule has 3 aromatic rings. The molecule has 0 spiro atoms. The van der Waals surface area contributed by atoms with E-state index in [1.165, 1.54) is 19.5 Å². The molecule has 23 heavy (non-hydrogen) atoms. The number of alkyl halides is 3. The lowest BCUT2D eigenvalue weighted by Gasteiger charge is -2.16. The fourth-order valence-corrected chi connectivity index (χ4v) is 3.16. The Kier molecular flexibility index (Phi) is 3.87. The predicted molar refractivity (Wildman–Crippen MR) is 81.0 cm³/mol. The average Bonchev–Trinajstić information content (AvgIpc) is 3.11. The van der Waals surface area contributed by atoms with E-state index in [-0.39, 0.29) is 6.42 Å². The Morgan fingerprint density at radius 3 is 2.48 bits per heavy atom. The molecule has 0 fully saturated rings. The van der Waals surface area contributed by atoms with Crippen LogP contribution in [0.25, 0.3) is 21.9 Å². The van der Waals surface area contributed by atoms with Crippen molar-refractivity contribution >= 4 is 43.8 Å². The molecule has 2 aromatic heterocycles. The van der Waals surface area contributed by atoms with Gasteiger partial charge in [-0.2, -0.15) is 13.2 Å². The molecule has 3 rings (SSSR count). The van der Waals surface area contributed by atoms with Crippen LogP contribution in [0.1, 0.15) is 12.5 Å². The van der Waals surface area contributed by atoms with E-state index < -0.39 is 18.1 Å². The van der Waals surface area contributed by atoms with E-state index in [4.69, 9.17) is 8.83 Å². The molecule has 1 unspecified atom stereocenters. The van der Waals surface area contributed by atoms with Crippen molar-refractivity contribution in [3.8, 4) is 0 Å². The molecule has 0 aliphatic carbocycles. The maximum atomic E-state index is 12.4. The molecule has 0 radical (unpaired) electrons. The van der Waals surface area contributed by atoms with Gasteiger partial charge < -0.3 is 14.2 Å². The van der Waals surface area contributed by atoms with Crippen LogP contribution in [0, 0.1) is 0 Å². The van der Waals surface area contributed by atoms with E-state index in [1.807, 2.05) is 5.32 Å². The van der Waals surface area contributed by atoms with Crippen molar-refractivity contribution in [3.63, 3.8) is 0 Å². The summed E-state index contributed by atoms with van der Waals surface area (Å²) in [5, 5.41) is 3.44. The quantitative estimate of drug-likeness (QED) is 0.714. The highest BCUT2D eigenvalue weighted by atomic mass is 79.9. The smallest absolute Gasteiger partial charge is 0.464 e. The maximum absolute atomic E-state index is 12.4. The van der Waals surface area contributed by atoms with E-state index >= 15 is 0 Å². The van der Waals surface area contributed by atoms with Gasteiger partial charge in [-0.3, -0.25) is 4.79 Å². The summed E-state index contributed by atoms with van der Waals surface area (Å²) in [5.74, 6) is -1.96. The number of carbonyl (C=O) groups excluding carboxylic acids is 1. The molecule has 0 saturated heterocycles. The minimum Gasteiger partial charge on any atom is -0.464 e. The zero-order valence-corrected chi connectivity index (χ0v) is 13.4. The summed E-state index contributed by atoms with van der Waals surface area (Å²) in [6.45, 7) is 1.51. The topological polar surface area (TPSA) is 55.4 Å². The lowest BCUT2D eigenvalue weighted by molar-refractivity contribution is -0.174. The van der Waals surface area contributed by atoms with E-state index in [1.54, 1.807) is 12.1 Å². The lowest BCUT2D eigenvalue weighted by Crippen LogP contribution is -2.42. The highest BCUT2D eigenvalue weighted by Crippen LogP contribution is 2.38. The first-order valence-corrected chi connectivity index (χ1v) is 7.50. The third-order valence-electron chi connectivity index (χ3n) is 3.51. The third-order valence-corrected chi connectivity index (χ3v) is 4.30. The highest BCUT2D eigenvalue weighted by molar-refractivity contribution is 9.10. The van der Waals surface area contributed by atoms with Crippen LogP contribution in [0.2, 0.25) is 0 Å². The molecule has 0 bridgehead atoms. The Morgan fingerprint density at radius 2 is 1.83 bits per heavy atom. The van der Waals surface area contributed by atoms with Crippen molar-refractivity contribution in [1.82, 2.24) is 5.32 Å². The number of fused-ring (bicyclic) bond motifs is 2. The highest BCUT2D eigenvalue weighted by Gasteiger charge is 2.39. The van der Waals surface area contributed by atoms with E-state index in [0.717, 1.165) is 15.2 Å². The van der Waals surface area contributed by atoms with Gasteiger partial charge in [-0.25, -0.2) is 0 Å². The van der Waals surface area contributed by atoms with Crippen molar-refractivity contribution in [2.45, 2.75) is 25.6 Å². The molecule has 0 aliphatic rings. The number of carbonyl (C=O) groups is 1. The van der Waals surface area contributed by atoms with Crippen LogP contribution in [-0.4, -0.2) is 18.1 Å². The van der Waals surface area contributed by atoms with Crippen molar-refractivity contribution in [1.29, 1.82) is 0 Å². The molecule has 1 atom stereocenters. The number of halogens is 4. The second-order valence-corrected chi connectivity index (χ2v) is 5.99. The second-order valence-electron chi connectivity index (χ2n) is 5.20. The van der Waals surface area contributed by atoms with Gasteiger partial charge >= 0.3 is 12.1 Å². The molecular formula is C15H11BrF3NO3. The van der Waals surface area contributed by atoms with Crippen LogP contribution in [0.4, 0.5) is 13.2 Å².